The van der Waals surface area contributed by atoms with Crippen molar-refractivity contribution in [2.24, 2.45) is 0 Å². The Morgan fingerprint density at radius 3 is 1.12 bits per heavy atom. The Balaban J connectivity index is 4.14. The van der Waals surface area contributed by atoms with Crippen molar-refractivity contribution in [3.63, 3.8) is 0 Å². The molecule has 0 rings (SSSR count). The van der Waals surface area contributed by atoms with Crippen molar-refractivity contribution in [1.82, 2.24) is 0 Å². The lowest BCUT2D eigenvalue weighted by atomic mass is 10.5. The van der Waals surface area contributed by atoms with E-state index in [9.17, 15) is 0 Å². The molecule has 0 spiro atoms. The summed E-state index contributed by atoms with van der Waals surface area (Å²) in [5.41, 5.74) is -1.26. The molecule has 3 nitrogen and oxygen atoms in total. The van der Waals surface area contributed by atoms with Crippen LogP contribution in [-0.2, 0) is 14.2 Å². The standard InChI is InChI=1S/C13H21Cl6O3Si4/c14-10(15)24-7-1-4-20-13(23,21-5-2-8-25-11(16)17)22-6-3-9-26-12(18)19/h10-12H,1-9H2. The monoisotopic (exact) mass is 547 g/mol. The number of rotatable bonds is 18. The second-order valence-corrected chi connectivity index (χ2v) is 15.5. The predicted octanol–water partition coefficient (Wildman–Crippen LogP) is 4.64. The van der Waals surface area contributed by atoms with Crippen LogP contribution in [0.4, 0.5) is 0 Å². The zero-order chi connectivity index (χ0) is 19.8. The van der Waals surface area contributed by atoms with Gasteiger partial charge in [-0.2, -0.15) is 0 Å². The van der Waals surface area contributed by atoms with Crippen molar-refractivity contribution in [2.75, 3.05) is 19.8 Å². The van der Waals surface area contributed by atoms with Crippen LogP contribution < -0.4 is 0 Å². The Kier molecular flexibility index (Phi) is 20.0. The quantitative estimate of drug-likeness (QED) is 0.108. The molecule has 0 bridgehead atoms. The molecule has 0 amide bonds. The first kappa shape index (κ1) is 28.5. The molecule has 0 fully saturated rings. The minimum atomic E-state index is -1.26. The van der Waals surface area contributed by atoms with Crippen LogP contribution in [0.25, 0.3) is 0 Å². The van der Waals surface area contributed by atoms with E-state index >= 15 is 0 Å². The number of alkyl halides is 6. The van der Waals surface area contributed by atoms with Crippen molar-refractivity contribution < 1.29 is 14.2 Å². The maximum absolute atomic E-state index is 5.75. The van der Waals surface area contributed by atoms with Gasteiger partial charge in [-0.05, 0) is 19.3 Å². The number of hydrogen-bond acceptors (Lipinski definition) is 3. The molecule has 0 aliphatic carbocycles. The molecule has 9 radical (unpaired) electrons. The molecule has 0 atom stereocenters. The molecule has 0 saturated carbocycles. The van der Waals surface area contributed by atoms with Crippen molar-refractivity contribution in [3.05, 3.63) is 0 Å². The highest BCUT2D eigenvalue weighted by Crippen LogP contribution is 2.15. The molecular weight excluding hydrogens is 529 g/mol. The minimum Gasteiger partial charge on any atom is -0.332 e. The average molecular weight is 550 g/mol. The highest BCUT2D eigenvalue weighted by atomic mass is 35.5. The summed E-state index contributed by atoms with van der Waals surface area (Å²) in [5.74, 6) is 0. The molecule has 0 aliphatic heterocycles. The summed E-state index contributed by atoms with van der Waals surface area (Å²) in [7, 11) is 4.92. The summed E-state index contributed by atoms with van der Waals surface area (Å²) in [6, 6.07) is 2.67. The van der Waals surface area contributed by atoms with Crippen LogP contribution in [0.2, 0.25) is 18.1 Å². The fraction of sp³-hybridized carbons (Fsp3) is 1.00. The molecule has 0 aromatic rings. The van der Waals surface area contributed by atoms with Crippen molar-refractivity contribution in [2.45, 2.75) is 56.4 Å². The maximum atomic E-state index is 5.75. The number of halogens is 6. The summed E-state index contributed by atoms with van der Waals surface area (Å²) < 4.78 is 16.3. The van der Waals surface area contributed by atoms with Crippen LogP contribution in [0.3, 0.4) is 0 Å². The first-order valence-corrected chi connectivity index (χ1v) is 14.9. The summed E-state index contributed by atoms with van der Waals surface area (Å²) in [6.07, 6.45) is 2.45. The molecule has 13 heteroatoms. The van der Waals surface area contributed by atoms with Gasteiger partial charge in [-0.1, -0.05) is 18.1 Å². The zero-order valence-electron chi connectivity index (χ0n) is 14.1. The molecule has 0 saturated heterocycles. The van der Waals surface area contributed by atoms with E-state index in [2.05, 4.69) is 10.2 Å². The first-order valence-electron chi connectivity index (χ1n) is 7.96. The van der Waals surface area contributed by atoms with E-state index in [1.54, 1.807) is 0 Å². The Morgan fingerprint density at radius 1 is 0.615 bits per heavy atom. The zero-order valence-corrected chi connectivity index (χ0v) is 22.6. The second kappa shape index (κ2) is 18.3. The van der Waals surface area contributed by atoms with E-state index in [0.29, 0.717) is 48.4 Å². The average Bonchev–Trinajstić information content (AvgIpc) is 2.53. The highest BCUT2D eigenvalue weighted by Gasteiger charge is 2.26. The summed E-state index contributed by atoms with van der Waals surface area (Å²) in [5, 5.41) is 0. The lowest BCUT2D eigenvalue weighted by molar-refractivity contribution is -0.325. The lowest BCUT2D eigenvalue weighted by Gasteiger charge is -2.30. The number of hydrogen-bond donors (Lipinski definition) is 0. The molecule has 149 valence electrons. The van der Waals surface area contributed by atoms with E-state index in [-0.39, 0.29) is 13.4 Å². The molecule has 0 aromatic carbocycles. The molecular formula is C13H21Cl6O3Si4. The molecule has 0 aliphatic rings. The summed E-state index contributed by atoms with van der Waals surface area (Å²) in [4.78, 5) is 0. The normalized spacial score (nSPS) is 12.7. The van der Waals surface area contributed by atoms with Crippen LogP contribution in [0.15, 0.2) is 0 Å². The SMILES string of the molecule is [Si]C(OCCC[Si]C(Cl)Cl)(OCCC[Si]C(Cl)Cl)OCCC[Si]C(Cl)Cl. The van der Waals surface area contributed by atoms with E-state index in [0.717, 1.165) is 37.4 Å². The Labute approximate surface area is 197 Å². The second-order valence-electron chi connectivity index (χ2n) is 4.93. The third-order valence-corrected chi connectivity index (χ3v) is 8.80. The smallest absolute Gasteiger partial charge is 0.248 e. The highest BCUT2D eigenvalue weighted by molar-refractivity contribution is 6.69. The van der Waals surface area contributed by atoms with Gasteiger partial charge in [-0.15, -0.1) is 69.6 Å². The Bertz CT molecular complexity index is 287. The van der Waals surface area contributed by atoms with Gasteiger partial charge in [0.05, 0.1) is 61.8 Å². The van der Waals surface area contributed by atoms with Crippen molar-refractivity contribution in [3.8, 4) is 0 Å². The first-order chi connectivity index (χ1) is 12.2. The Morgan fingerprint density at radius 2 is 0.885 bits per heavy atom. The molecule has 0 aromatic heterocycles. The van der Waals surface area contributed by atoms with E-state index in [4.69, 9.17) is 83.8 Å². The van der Waals surface area contributed by atoms with E-state index in [1.165, 1.54) is 0 Å². The van der Waals surface area contributed by atoms with Crippen LogP contribution in [-0.4, -0.2) is 77.6 Å². The third kappa shape index (κ3) is 19.8. The largest absolute Gasteiger partial charge is 0.332 e. The van der Waals surface area contributed by atoms with Crippen molar-refractivity contribution >= 4 is 108 Å². The van der Waals surface area contributed by atoms with Crippen LogP contribution in [0.1, 0.15) is 19.3 Å². The van der Waals surface area contributed by atoms with Gasteiger partial charge in [0.25, 0.3) is 0 Å². The lowest BCUT2D eigenvalue weighted by Crippen LogP contribution is -2.41. The summed E-state index contributed by atoms with van der Waals surface area (Å²) in [6.45, 7) is 1.41. The Hall–Kier alpha value is 2.49. The summed E-state index contributed by atoms with van der Waals surface area (Å²) >= 11 is 34.4. The molecule has 0 heterocycles. The van der Waals surface area contributed by atoms with Crippen LogP contribution >= 0.6 is 69.6 Å². The van der Waals surface area contributed by atoms with E-state index in [1.807, 2.05) is 0 Å². The number of ether oxygens (including phenoxy) is 3. The van der Waals surface area contributed by atoms with Gasteiger partial charge in [0.2, 0.25) is 5.60 Å². The van der Waals surface area contributed by atoms with Gasteiger partial charge in [0, 0.05) is 0 Å². The molecule has 0 N–H and O–H groups in total. The molecule has 0 unspecified atom stereocenters. The van der Waals surface area contributed by atoms with E-state index < -0.39 is 5.60 Å². The predicted molar refractivity (Wildman–Crippen MR) is 118 cm³/mol. The molecule has 26 heavy (non-hydrogen) atoms. The topological polar surface area (TPSA) is 27.7 Å². The third-order valence-electron chi connectivity index (χ3n) is 2.74. The maximum Gasteiger partial charge on any atom is 0.248 e. The van der Waals surface area contributed by atoms with Gasteiger partial charge < -0.3 is 14.2 Å². The van der Waals surface area contributed by atoms with Crippen molar-refractivity contribution in [1.29, 1.82) is 0 Å². The van der Waals surface area contributed by atoms with Gasteiger partial charge in [0.15, 0.2) is 10.2 Å². The van der Waals surface area contributed by atoms with Gasteiger partial charge in [0.1, 0.15) is 0 Å². The fourth-order valence-corrected chi connectivity index (χ4v) is 5.56. The fourth-order valence-electron chi connectivity index (χ4n) is 1.59. The van der Waals surface area contributed by atoms with Gasteiger partial charge >= 0.3 is 0 Å². The van der Waals surface area contributed by atoms with Gasteiger partial charge in [-0.25, -0.2) is 0 Å². The van der Waals surface area contributed by atoms with Crippen LogP contribution in [0, 0.1) is 0 Å². The minimum absolute atomic E-state index is 0.321. The van der Waals surface area contributed by atoms with Gasteiger partial charge in [-0.3, -0.25) is 0 Å². The van der Waals surface area contributed by atoms with Crippen LogP contribution in [0.5, 0.6) is 0 Å².